The summed E-state index contributed by atoms with van der Waals surface area (Å²) in [5, 5.41) is 2.85. The Morgan fingerprint density at radius 3 is 2.71 bits per heavy atom. The van der Waals surface area contributed by atoms with Gasteiger partial charge in [-0.05, 0) is 54.4 Å². The zero-order chi connectivity index (χ0) is 20.3. The summed E-state index contributed by atoms with van der Waals surface area (Å²) in [4.78, 5) is 22.1. The van der Waals surface area contributed by atoms with E-state index in [1.165, 1.54) is 12.1 Å². The summed E-state index contributed by atoms with van der Waals surface area (Å²) in [6, 6.07) is 12.9. The van der Waals surface area contributed by atoms with Gasteiger partial charge in [-0.2, -0.15) is 0 Å². The molecule has 0 aliphatic rings. The van der Waals surface area contributed by atoms with Crippen molar-refractivity contribution in [3.63, 3.8) is 0 Å². The SMILES string of the molecule is CC(C)COc1ccc(Cl)cc1-c1cccn1-c1ccc(F)c(C(=O)N=O)c1. The van der Waals surface area contributed by atoms with Gasteiger partial charge in [0.1, 0.15) is 11.6 Å². The number of ether oxygens (including phenoxy) is 1. The summed E-state index contributed by atoms with van der Waals surface area (Å²) in [6.45, 7) is 4.64. The maximum Gasteiger partial charge on any atom is 0.319 e. The second-order valence-corrected chi connectivity index (χ2v) is 7.11. The lowest BCUT2D eigenvalue weighted by Crippen LogP contribution is -2.06. The number of rotatable bonds is 6. The van der Waals surface area contributed by atoms with Gasteiger partial charge in [-0.3, -0.25) is 4.79 Å². The molecule has 0 N–H and O–H groups in total. The first-order valence-corrected chi connectivity index (χ1v) is 9.06. The normalized spacial score (nSPS) is 10.9. The van der Waals surface area contributed by atoms with E-state index >= 15 is 0 Å². The van der Waals surface area contributed by atoms with Gasteiger partial charge in [0.15, 0.2) is 0 Å². The lowest BCUT2D eigenvalue weighted by molar-refractivity contribution is 0.0997. The van der Waals surface area contributed by atoms with E-state index in [-0.39, 0.29) is 5.56 Å². The fraction of sp³-hybridized carbons (Fsp3) is 0.190. The lowest BCUT2D eigenvalue weighted by Gasteiger charge is -2.16. The minimum atomic E-state index is -1.16. The lowest BCUT2D eigenvalue weighted by atomic mass is 10.1. The molecule has 5 nitrogen and oxygen atoms in total. The molecule has 0 unspecified atom stereocenters. The molecule has 0 saturated heterocycles. The van der Waals surface area contributed by atoms with Gasteiger partial charge in [0.25, 0.3) is 0 Å². The van der Waals surface area contributed by atoms with Gasteiger partial charge < -0.3 is 9.30 Å². The number of carbonyl (C=O) groups excluding carboxylic acids is 1. The highest BCUT2D eigenvalue weighted by Crippen LogP contribution is 2.35. The number of hydrogen-bond acceptors (Lipinski definition) is 3. The highest BCUT2D eigenvalue weighted by Gasteiger charge is 2.17. The Balaban J connectivity index is 2.10. The third kappa shape index (κ3) is 4.12. The van der Waals surface area contributed by atoms with Crippen LogP contribution < -0.4 is 4.74 Å². The van der Waals surface area contributed by atoms with E-state index in [0.29, 0.717) is 29.0 Å². The summed E-state index contributed by atoms with van der Waals surface area (Å²) in [5.74, 6) is -0.953. The van der Waals surface area contributed by atoms with Gasteiger partial charge in [0.2, 0.25) is 0 Å². The summed E-state index contributed by atoms with van der Waals surface area (Å²) < 4.78 is 21.6. The van der Waals surface area contributed by atoms with E-state index < -0.39 is 11.7 Å². The van der Waals surface area contributed by atoms with Crippen LogP contribution in [0.3, 0.4) is 0 Å². The molecule has 3 aromatic rings. The molecular formula is C21H18ClFN2O3. The van der Waals surface area contributed by atoms with Gasteiger partial charge in [-0.15, -0.1) is 4.91 Å². The predicted octanol–water partition coefficient (Wildman–Crippen LogP) is 5.88. The minimum absolute atomic E-state index is 0.344. The van der Waals surface area contributed by atoms with E-state index in [0.717, 1.165) is 17.3 Å². The van der Waals surface area contributed by atoms with Crippen LogP contribution in [0.2, 0.25) is 5.02 Å². The average Bonchev–Trinajstić information content (AvgIpc) is 3.16. The molecule has 1 amide bonds. The number of nitrogens with zero attached hydrogens (tertiary/aromatic N) is 2. The minimum Gasteiger partial charge on any atom is -0.493 e. The number of amides is 1. The number of aromatic nitrogens is 1. The van der Waals surface area contributed by atoms with Crippen molar-refractivity contribution in [1.29, 1.82) is 0 Å². The third-order valence-electron chi connectivity index (χ3n) is 4.08. The highest BCUT2D eigenvalue weighted by atomic mass is 35.5. The Morgan fingerprint density at radius 1 is 1.21 bits per heavy atom. The number of benzene rings is 2. The molecule has 1 aromatic heterocycles. The smallest absolute Gasteiger partial charge is 0.319 e. The van der Waals surface area contributed by atoms with Crippen molar-refractivity contribution in [2.75, 3.05) is 6.61 Å². The molecule has 2 aromatic carbocycles. The predicted molar refractivity (Wildman–Crippen MR) is 107 cm³/mol. The monoisotopic (exact) mass is 400 g/mol. The Morgan fingerprint density at radius 2 is 2.00 bits per heavy atom. The molecule has 3 rings (SSSR count). The van der Waals surface area contributed by atoms with Crippen LogP contribution in [0.5, 0.6) is 5.75 Å². The van der Waals surface area contributed by atoms with E-state index in [2.05, 4.69) is 19.0 Å². The molecule has 0 bridgehead atoms. The Kier molecular flexibility index (Phi) is 5.90. The van der Waals surface area contributed by atoms with E-state index in [1.807, 2.05) is 12.1 Å². The first-order valence-electron chi connectivity index (χ1n) is 8.68. The summed E-state index contributed by atoms with van der Waals surface area (Å²) in [6.07, 6.45) is 1.76. The van der Waals surface area contributed by atoms with Gasteiger partial charge in [0.05, 0.1) is 17.9 Å². The molecule has 28 heavy (non-hydrogen) atoms. The van der Waals surface area contributed by atoms with Gasteiger partial charge in [-0.25, -0.2) is 4.39 Å². The van der Waals surface area contributed by atoms with Crippen molar-refractivity contribution in [2.24, 2.45) is 11.1 Å². The van der Waals surface area contributed by atoms with E-state index in [4.69, 9.17) is 16.3 Å². The molecule has 0 atom stereocenters. The zero-order valence-electron chi connectivity index (χ0n) is 15.4. The summed E-state index contributed by atoms with van der Waals surface area (Å²) in [7, 11) is 0. The van der Waals surface area contributed by atoms with Crippen molar-refractivity contribution in [2.45, 2.75) is 13.8 Å². The van der Waals surface area contributed by atoms with Crippen LogP contribution in [0.15, 0.2) is 59.9 Å². The van der Waals surface area contributed by atoms with Crippen LogP contribution in [0.1, 0.15) is 24.2 Å². The molecule has 0 spiro atoms. The Labute approximate surface area is 166 Å². The van der Waals surface area contributed by atoms with Gasteiger partial charge in [-0.1, -0.05) is 25.4 Å². The Hall–Kier alpha value is -2.99. The van der Waals surface area contributed by atoms with Crippen LogP contribution in [-0.4, -0.2) is 17.1 Å². The van der Waals surface area contributed by atoms with Crippen LogP contribution in [-0.2, 0) is 0 Å². The molecule has 7 heteroatoms. The quantitative estimate of drug-likeness (QED) is 0.485. The van der Waals surface area contributed by atoms with Crippen molar-refractivity contribution in [1.82, 2.24) is 4.57 Å². The number of hydrogen-bond donors (Lipinski definition) is 0. The topological polar surface area (TPSA) is 60.7 Å². The largest absolute Gasteiger partial charge is 0.493 e. The Bertz CT molecular complexity index is 1030. The van der Waals surface area contributed by atoms with Crippen molar-refractivity contribution in [3.8, 4) is 22.7 Å². The summed E-state index contributed by atoms with van der Waals surface area (Å²) in [5.41, 5.74) is 1.62. The maximum atomic E-state index is 13.9. The molecule has 0 aliphatic heterocycles. The number of nitroso groups, excluding NO2 is 1. The standard InChI is InChI=1S/C21H18ClFN2O3/c1-13(2)12-28-20-8-5-14(22)10-17(20)19-4-3-9-25(19)15-6-7-18(23)16(11-15)21(26)24-27/h3-11,13H,12H2,1-2H3. The molecule has 0 fully saturated rings. The van der Waals surface area contributed by atoms with Crippen molar-refractivity contribution >= 4 is 17.5 Å². The van der Waals surface area contributed by atoms with Gasteiger partial charge >= 0.3 is 5.91 Å². The fourth-order valence-electron chi connectivity index (χ4n) is 2.79. The molecule has 1 heterocycles. The second kappa shape index (κ2) is 8.35. The number of carbonyl (C=O) groups is 1. The zero-order valence-corrected chi connectivity index (χ0v) is 16.1. The van der Waals surface area contributed by atoms with Gasteiger partial charge in [0, 0.05) is 27.6 Å². The highest BCUT2D eigenvalue weighted by molar-refractivity contribution is 6.31. The third-order valence-corrected chi connectivity index (χ3v) is 4.32. The molecule has 0 radical (unpaired) electrons. The first-order chi connectivity index (χ1) is 13.4. The number of halogens is 2. The summed E-state index contributed by atoms with van der Waals surface area (Å²) >= 11 is 6.19. The van der Waals surface area contributed by atoms with Crippen LogP contribution >= 0.6 is 11.6 Å². The second-order valence-electron chi connectivity index (χ2n) is 6.67. The van der Waals surface area contributed by atoms with Crippen LogP contribution in [0, 0.1) is 16.6 Å². The first kappa shape index (κ1) is 19.8. The molecule has 144 valence electrons. The van der Waals surface area contributed by atoms with Crippen molar-refractivity contribution < 1.29 is 13.9 Å². The van der Waals surface area contributed by atoms with Crippen LogP contribution in [0.4, 0.5) is 4.39 Å². The van der Waals surface area contributed by atoms with Crippen LogP contribution in [0.25, 0.3) is 16.9 Å². The van der Waals surface area contributed by atoms with E-state index in [1.54, 1.807) is 29.0 Å². The maximum absolute atomic E-state index is 13.9. The molecular weight excluding hydrogens is 383 g/mol. The van der Waals surface area contributed by atoms with E-state index in [9.17, 15) is 14.1 Å². The molecule has 0 saturated carbocycles. The molecule has 0 aliphatic carbocycles. The van der Waals surface area contributed by atoms with Crippen molar-refractivity contribution in [3.05, 3.63) is 76.0 Å². The fourth-order valence-corrected chi connectivity index (χ4v) is 2.96. The average molecular weight is 401 g/mol.